The molecule has 0 saturated heterocycles. The summed E-state index contributed by atoms with van der Waals surface area (Å²) in [5.74, 6) is 1.01. The van der Waals surface area contributed by atoms with E-state index in [2.05, 4.69) is 21.4 Å². The van der Waals surface area contributed by atoms with Crippen molar-refractivity contribution in [2.45, 2.75) is 32.9 Å². The molecule has 2 aliphatic heterocycles. The molecule has 0 saturated carbocycles. The molecule has 10 heteroatoms. The van der Waals surface area contributed by atoms with Crippen LogP contribution in [-0.4, -0.2) is 70.5 Å². The van der Waals surface area contributed by atoms with E-state index in [4.69, 9.17) is 0 Å². The van der Waals surface area contributed by atoms with E-state index in [9.17, 15) is 14.4 Å². The molecule has 0 radical (unpaired) electrons. The van der Waals surface area contributed by atoms with Gasteiger partial charge in [-0.3, -0.25) is 14.4 Å². The minimum atomic E-state index is -0.299. The fourth-order valence-electron chi connectivity index (χ4n) is 4.34. The van der Waals surface area contributed by atoms with Crippen molar-refractivity contribution in [3.05, 3.63) is 57.3 Å². The Balaban J connectivity index is 1.31. The summed E-state index contributed by atoms with van der Waals surface area (Å²) in [6.07, 6.45) is 0.831. The van der Waals surface area contributed by atoms with Gasteiger partial charge in [0, 0.05) is 55.9 Å². The Labute approximate surface area is 207 Å². The lowest BCUT2D eigenvalue weighted by molar-refractivity contribution is 0.0757. The number of aromatic nitrogens is 2. The molecule has 0 spiro atoms. The van der Waals surface area contributed by atoms with Crippen LogP contribution >= 0.6 is 11.3 Å². The van der Waals surface area contributed by atoms with Gasteiger partial charge in [0.25, 0.3) is 17.7 Å². The number of carbonyl (C=O) groups is 3. The molecule has 0 fully saturated rings. The lowest BCUT2D eigenvalue weighted by atomic mass is 9.98. The van der Waals surface area contributed by atoms with Gasteiger partial charge < -0.3 is 20.0 Å². The van der Waals surface area contributed by atoms with E-state index in [0.29, 0.717) is 29.3 Å². The van der Waals surface area contributed by atoms with Gasteiger partial charge >= 0.3 is 0 Å². The molecule has 0 atom stereocenters. The van der Waals surface area contributed by atoms with Crippen molar-refractivity contribution < 1.29 is 14.4 Å². The maximum atomic E-state index is 12.8. The number of anilines is 3. The minimum absolute atomic E-state index is 0.0587. The van der Waals surface area contributed by atoms with Gasteiger partial charge in [-0.2, -0.15) is 5.10 Å². The first-order valence-electron chi connectivity index (χ1n) is 11.6. The smallest absolute Gasteiger partial charge is 0.263 e. The van der Waals surface area contributed by atoms with E-state index in [0.717, 1.165) is 35.6 Å². The molecule has 2 aromatic heterocycles. The SMILES string of the molecule is CC(C)N(C)C(=O)c1cc(C(=O)Nc2cc3n(n2)CCN3c2ccc3c(c2)CCN(C)C3=O)cs1. The number of hydrogen-bond acceptors (Lipinski definition) is 6. The van der Waals surface area contributed by atoms with Gasteiger partial charge in [0.15, 0.2) is 5.82 Å². The number of hydrogen-bond donors (Lipinski definition) is 1. The predicted octanol–water partition coefficient (Wildman–Crippen LogP) is 3.46. The average molecular weight is 493 g/mol. The quantitative estimate of drug-likeness (QED) is 0.589. The maximum absolute atomic E-state index is 12.8. The molecule has 3 aromatic rings. The second-order valence-corrected chi connectivity index (χ2v) is 10.2. The topological polar surface area (TPSA) is 90.8 Å². The van der Waals surface area contributed by atoms with Crippen molar-refractivity contribution in [3.63, 3.8) is 0 Å². The van der Waals surface area contributed by atoms with Crippen molar-refractivity contribution in [1.29, 1.82) is 0 Å². The third kappa shape index (κ3) is 4.18. The van der Waals surface area contributed by atoms with E-state index < -0.39 is 0 Å². The van der Waals surface area contributed by atoms with Gasteiger partial charge in [0.05, 0.1) is 17.0 Å². The van der Waals surface area contributed by atoms with E-state index in [1.807, 2.05) is 43.8 Å². The number of amides is 3. The van der Waals surface area contributed by atoms with Gasteiger partial charge in [0.2, 0.25) is 0 Å². The van der Waals surface area contributed by atoms with E-state index in [1.165, 1.54) is 11.3 Å². The van der Waals surface area contributed by atoms with Crippen LogP contribution in [0.4, 0.5) is 17.3 Å². The fraction of sp³-hybridized carbons (Fsp3) is 0.360. The van der Waals surface area contributed by atoms with E-state index in [1.54, 1.807) is 28.3 Å². The number of rotatable bonds is 5. The molecule has 1 aromatic carbocycles. The maximum Gasteiger partial charge on any atom is 0.263 e. The van der Waals surface area contributed by atoms with Crippen LogP contribution in [0, 0.1) is 0 Å². The summed E-state index contributed by atoms with van der Waals surface area (Å²) in [7, 11) is 3.58. The molecule has 1 N–H and O–H groups in total. The summed E-state index contributed by atoms with van der Waals surface area (Å²) in [6.45, 7) is 6.07. The van der Waals surface area contributed by atoms with Crippen molar-refractivity contribution in [3.8, 4) is 0 Å². The number of nitrogens with zero attached hydrogens (tertiary/aromatic N) is 5. The van der Waals surface area contributed by atoms with Crippen molar-refractivity contribution in [2.75, 3.05) is 37.4 Å². The second kappa shape index (κ2) is 8.84. The van der Waals surface area contributed by atoms with Crippen LogP contribution < -0.4 is 10.2 Å². The molecule has 3 amide bonds. The monoisotopic (exact) mass is 492 g/mol. The summed E-state index contributed by atoms with van der Waals surface area (Å²) in [5, 5.41) is 9.10. The number of thiophene rings is 1. The van der Waals surface area contributed by atoms with Gasteiger partial charge in [0.1, 0.15) is 5.82 Å². The number of carbonyl (C=O) groups excluding carboxylic acids is 3. The Morgan fingerprint density at radius 3 is 2.71 bits per heavy atom. The molecule has 35 heavy (non-hydrogen) atoms. The first kappa shape index (κ1) is 23.1. The van der Waals surface area contributed by atoms with Gasteiger partial charge in [-0.05, 0) is 50.1 Å². The Morgan fingerprint density at radius 1 is 1.14 bits per heavy atom. The zero-order chi connectivity index (χ0) is 24.9. The Kier molecular flexibility index (Phi) is 5.84. The lowest BCUT2D eigenvalue weighted by Gasteiger charge is -2.26. The zero-order valence-electron chi connectivity index (χ0n) is 20.2. The average Bonchev–Trinajstić information content (AvgIpc) is 3.56. The normalized spacial score (nSPS) is 14.8. The van der Waals surface area contributed by atoms with Gasteiger partial charge in [-0.1, -0.05) is 0 Å². The number of nitrogens with one attached hydrogen (secondary N) is 1. The lowest BCUT2D eigenvalue weighted by Crippen LogP contribution is -2.34. The highest BCUT2D eigenvalue weighted by atomic mass is 32.1. The molecule has 182 valence electrons. The number of benzene rings is 1. The first-order valence-corrected chi connectivity index (χ1v) is 12.5. The Hall–Kier alpha value is -3.66. The van der Waals surface area contributed by atoms with Gasteiger partial charge in [-0.15, -0.1) is 11.3 Å². The third-order valence-electron chi connectivity index (χ3n) is 6.67. The highest BCUT2D eigenvalue weighted by molar-refractivity contribution is 7.12. The summed E-state index contributed by atoms with van der Waals surface area (Å²) in [4.78, 5) is 43.8. The van der Waals surface area contributed by atoms with Crippen molar-refractivity contribution >= 4 is 46.4 Å². The van der Waals surface area contributed by atoms with Crippen LogP contribution in [0.5, 0.6) is 0 Å². The molecule has 2 aliphatic rings. The van der Waals surface area contributed by atoms with Crippen LogP contribution in [0.15, 0.2) is 35.7 Å². The van der Waals surface area contributed by atoms with Crippen LogP contribution in [-0.2, 0) is 13.0 Å². The van der Waals surface area contributed by atoms with Crippen molar-refractivity contribution in [2.24, 2.45) is 0 Å². The van der Waals surface area contributed by atoms with E-state index >= 15 is 0 Å². The van der Waals surface area contributed by atoms with Crippen LogP contribution in [0.1, 0.15) is 49.8 Å². The Morgan fingerprint density at radius 2 is 1.94 bits per heavy atom. The standard InChI is InChI=1S/C25H28N6O3S/c1-15(2)29(4)25(34)20-12-17(14-35-20)23(32)26-21-13-22-30(9-10-31(22)27-21)18-5-6-19-16(11-18)7-8-28(3)24(19)33/h5-6,11-15H,7-10H2,1-4H3,(H,26,27,32). The molecule has 5 rings (SSSR count). The highest BCUT2D eigenvalue weighted by Gasteiger charge is 2.27. The third-order valence-corrected chi connectivity index (χ3v) is 7.59. The zero-order valence-corrected chi connectivity index (χ0v) is 21.1. The van der Waals surface area contributed by atoms with Crippen LogP contribution in [0.25, 0.3) is 0 Å². The van der Waals surface area contributed by atoms with E-state index in [-0.39, 0.29) is 23.8 Å². The molecule has 4 heterocycles. The first-order chi connectivity index (χ1) is 16.7. The second-order valence-electron chi connectivity index (χ2n) is 9.24. The fourth-order valence-corrected chi connectivity index (χ4v) is 5.21. The minimum Gasteiger partial charge on any atom is -0.341 e. The molecular weight excluding hydrogens is 464 g/mol. The molecule has 9 nitrogen and oxygen atoms in total. The van der Waals surface area contributed by atoms with Gasteiger partial charge in [-0.25, -0.2) is 4.68 Å². The Bertz CT molecular complexity index is 1330. The number of likely N-dealkylation sites (N-methyl/N-ethyl adjacent to an activating group) is 1. The molecule has 0 bridgehead atoms. The van der Waals surface area contributed by atoms with Crippen molar-refractivity contribution in [1.82, 2.24) is 19.6 Å². The predicted molar refractivity (Wildman–Crippen MR) is 136 cm³/mol. The van der Waals surface area contributed by atoms with Crippen LogP contribution in [0.2, 0.25) is 0 Å². The number of fused-ring (bicyclic) bond motifs is 2. The summed E-state index contributed by atoms with van der Waals surface area (Å²) < 4.78 is 1.87. The molecular formula is C25H28N6O3S. The summed E-state index contributed by atoms with van der Waals surface area (Å²) >= 11 is 1.26. The highest BCUT2D eigenvalue weighted by Crippen LogP contribution is 2.34. The summed E-state index contributed by atoms with van der Waals surface area (Å²) in [6, 6.07) is 9.51. The molecule has 0 aliphatic carbocycles. The van der Waals surface area contributed by atoms with Crippen LogP contribution in [0.3, 0.4) is 0 Å². The molecule has 0 unspecified atom stereocenters. The summed E-state index contributed by atoms with van der Waals surface area (Å²) in [5.41, 5.74) is 3.26. The largest absolute Gasteiger partial charge is 0.341 e.